The molecule has 0 N–H and O–H groups in total. The van der Waals surface area contributed by atoms with E-state index in [9.17, 15) is 19.2 Å². The van der Waals surface area contributed by atoms with Crippen molar-refractivity contribution < 1.29 is 23.9 Å². The molecule has 0 fully saturated rings. The third-order valence-electron chi connectivity index (χ3n) is 5.87. The van der Waals surface area contributed by atoms with Gasteiger partial charge in [-0.1, -0.05) is 30.3 Å². The molecular weight excluding hydrogens is 444 g/mol. The zero-order valence-electron chi connectivity index (χ0n) is 20.1. The fourth-order valence-corrected chi connectivity index (χ4v) is 4.15. The molecule has 0 aliphatic carbocycles. The Hall–Kier alpha value is -4.26. The second-order valence-corrected chi connectivity index (χ2v) is 8.77. The van der Waals surface area contributed by atoms with Gasteiger partial charge < -0.3 is 9.64 Å². The van der Waals surface area contributed by atoms with Crippen LogP contribution in [-0.4, -0.2) is 36.3 Å². The number of amides is 3. The van der Waals surface area contributed by atoms with Crippen molar-refractivity contribution in [3.8, 4) is 0 Å². The number of anilines is 2. The topological polar surface area (TPSA) is 84.0 Å². The molecule has 35 heavy (non-hydrogen) atoms. The molecule has 3 aromatic rings. The minimum absolute atomic E-state index is 0.0938. The third kappa shape index (κ3) is 4.57. The highest BCUT2D eigenvalue weighted by molar-refractivity contribution is 6.35. The predicted molar refractivity (Wildman–Crippen MR) is 133 cm³/mol. The van der Waals surface area contributed by atoms with Gasteiger partial charge in [-0.15, -0.1) is 0 Å². The van der Waals surface area contributed by atoms with Crippen LogP contribution in [0.2, 0.25) is 0 Å². The molecule has 178 valence electrons. The van der Waals surface area contributed by atoms with E-state index in [1.54, 1.807) is 11.0 Å². The summed E-state index contributed by atoms with van der Waals surface area (Å²) in [4.78, 5) is 54.3. The van der Waals surface area contributed by atoms with E-state index < -0.39 is 24.4 Å². The smallest absolute Gasteiger partial charge is 0.338 e. The van der Waals surface area contributed by atoms with Crippen molar-refractivity contribution in [3.05, 3.63) is 94.5 Å². The SMILES string of the molecule is Cc1ccc(C)c(N2C(=O)c3ccc(C(=O)OCC(=O)N(c4ccccc4)C(C)C)cc3C2=O)c1. The van der Waals surface area contributed by atoms with E-state index in [-0.39, 0.29) is 28.6 Å². The monoisotopic (exact) mass is 470 g/mol. The lowest BCUT2D eigenvalue weighted by molar-refractivity contribution is -0.122. The number of nitrogens with zero attached hydrogens (tertiary/aromatic N) is 2. The Labute approximate surface area is 203 Å². The first-order valence-corrected chi connectivity index (χ1v) is 11.3. The maximum atomic E-state index is 13.1. The molecule has 0 spiro atoms. The largest absolute Gasteiger partial charge is 0.452 e. The molecule has 0 atom stereocenters. The molecule has 0 saturated carbocycles. The summed E-state index contributed by atoms with van der Waals surface area (Å²) in [7, 11) is 0. The number of aryl methyl sites for hydroxylation is 2. The Kier molecular flexibility index (Phi) is 6.51. The first kappa shape index (κ1) is 23.9. The van der Waals surface area contributed by atoms with E-state index in [0.29, 0.717) is 11.4 Å². The average molecular weight is 471 g/mol. The van der Waals surface area contributed by atoms with E-state index in [4.69, 9.17) is 4.74 Å². The van der Waals surface area contributed by atoms with Crippen molar-refractivity contribution in [2.24, 2.45) is 0 Å². The number of hydrogen-bond donors (Lipinski definition) is 0. The lowest BCUT2D eigenvalue weighted by Crippen LogP contribution is -2.39. The Morgan fingerprint density at radius 2 is 1.57 bits per heavy atom. The van der Waals surface area contributed by atoms with Gasteiger partial charge in [0.05, 0.1) is 22.4 Å². The lowest BCUT2D eigenvalue weighted by atomic mass is 10.1. The van der Waals surface area contributed by atoms with Crippen LogP contribution >= 0.6 is 0 Å². The molecule has 3 aromatic carbocycles. The first-order valence-electron chi connectivity index (χ1n) is 11.3. The molecule has 7 heteroatoms. The summed E-state index contributed by atoms with van der Waals surface area (Å²) in [6.07, 6.45) is 0. The summed E-state index contributed by atoms with van der Waals surface area (Å²) >= 11 is 0. The minimum atomic E-state index is -0.747. The summed E-state index contributed by atoms with van der Waals surface area (Å²) in [5, 5.41) is 0. The molecule has 0 radical (unpaired) electrons. The highest BCUT2D eigenvalue weighted by atomic mass is 16.5. The van der Waals surface area contributed by atoms with Crippen LogP contribution in [0.15, 0.2) is 66.7 Å². The maximum Gasteiger partial charge on any atom is 0.338 e. The summed E-state index contributed by atoms with van der Waals surface area (Å²) in [5.41, 5.74) is 3.37. The van der Waals surface area contributed by atoms with Gasteiger partial charge in [0, 0.05) is 11.7 Å². The van der Waals surface area contributed by atoms with Gasteiger partial charge in [0.2, 0.25) is 0 Å². The summed E-state index contributed by atoms with van der Waals surface area (Å²) < 4.78 is 5.27. The maximum absolute atomic E-state index is 13.1. The summed E-state index contributed by atoms with van der Waals surface area (Å²) in [6.45, 7) is 7.00. The second-order valence-electron chi connectivity index (χ2n) is 8.77. The van der Waals surface area contributed by atoms with Gasteiger partial charge in [0.1, 0.15) is 0 Å². The molecule has 0 bridgehead atoms. The number of carbonyl (C=O) groups excluding carboxylic acids is 4. The Balaban J connectivity index is 1.51. The standard InChI is InChI=1S/C28H26N2O5/c1-17(2)29(21-8-6-5-7-9-21)25(31)16-35-28(34)20-12-13-22-23(15-20)27(33)30(26(22)32)24-14-18(3)10-11-19(24)4/h5-15,17H,16H2,1-4H3. The van der Waals surface area contributed by atoms with Gasteiger partial charge in [0.15, 0.2) is 6.61 Å². The fraction of sp³-hybridized carbons (Fsp3) is 0.214. The highest BCUT2D eigenvalue weighted by Crippen LogP contribution is 2.32. The quantitative estimate of drug-likeness (QED) is 0.385. The van der Waals surface area contributed by atoms with Crippen molar-refractivity contribution >= 4 is 35.1 Å². The van der Waals surface area contributed by atoms with Crippen LogP contribution in [0.5, 0.6) is 0 Å². The van der Waals surface area contributed by atoms with Crippen LogP contribution in [0.3, 0.4) is 0 Å². The Bertz CT molecular complexity index is 1330. The van der Waals surface area contributed by atoms with Crippen LogP contribution in [-0.2, 0) is 9.53 Å². The van der Waals surface area contributed by atoms with E-state index in [1.165, 1.54) is 18.2 Å². The van der Waals surface area contributed by atoms with Gasteiger partial charge in [0.25, 0.3) is 17.7 Å². The number of fused-ring (bicyclic) bond motifs is 1. The van der Waals surface area contributed by atoms with Gasteiger partial charge in [-0.3, -0.25) is 14.4 Å². The fourth-order valence-electron chi connectivity index (χ4n) is 4.15. The van der Waals surface area contributed by atoms with Crippen LogP contribution in [0.1, 0.15) is 56.0 Å². The van der Waals surface area contributed by atoms with Gasteiger partial charge in [-0.2, -0.15) is 0 Å². The molecule has 1 aliphatic rings. The third-order valence-corrected chi connectivity index (χ3v) is 5.87. The number of esters is 1. The van der Waals surface area contributed by atoms with Gasteiger partial charge >= 0.3 is 5.97 Å². The summed E-state index contributed by atoms with van der Waals surface area (Å²) in [6, 6.07) is 18.8. The molecule has 0 aromatic heterocycles. The highest BCUT2D eigenvalue weighted by Gasteiger charge is 2.38. The van der Waals surface area contributed by atoms with Gasteiger partial charge in [-0.25, -0.2) is 9.69 Å². The molecule has 0 unspecified atom stereocenters. The van der Waals surface area contributed by atoms with Gasteiger partial charge in [-0.05, 0) is 75.2 Å². The zero-order valence-corrected chi connectivity index (χ0v) is 20.1. The number of hydrogen-bond acceptors (Lipinski definition) is 5. The van der Waals surface area contributed by atoms with Crippen LogP contribution in [0.4, 0.5) is 11.4 Å². The predicted octanol–water partition coefficient (Wildman–Crippen LogP) is 4.70. The molecule has 7 nitrogen and oxygen atoms in total. The molecule has 0 saturated heterocycles. The number of imide groups is 1. The zero-order chi connectivity index (χ0) is 25.3. The summed E-state index contributed by atoms with van der Waals surface area (Å²) in [5.74, 6) is -2.06. The van der Waals surface area contributed by atoms with Crippen LogP contribution < -0.4 is 9.80 Å². The minimum Gasteiger partial charge on any atom is -0.452 e. The molecule has 3 amide bonds. The van der Waals surface area contributed by atoms with E-state index >= 15 is 0 Å². The molecule has 1 heterocycles. The normalized spacial score (nSPS) is 12.7. The van der Waals surface area contributed by atoms with E-state index in [0.717, 1.165) is 16.0 Å². The number of rotatable bonds is 6. The number of carbonyl (C=O) groups is 4. The van der Waals surface area contributed by atoms with Crippen molar-refractivity contribution in [1.82, 2.24) is 0 Å². The average Bonchev–Trinajstić information content (AvgIpc) is 3.09. The van der Waals surface area contributed by atoms with Crippen molar-refractivity contribution in [1.29, 1.82) is 0 Å². The lowest BCUT2D eigenvalue weighted by Gasteiger charge is -2.26. The Morgan fingerprint density at radius 1 is 0.886 bits per heavy atom. The second kappa shape index (κ2) is 9.54. The number of benzene rings is 3. The van der Waals surface area contributed by atoms with Crippen molar-refractivity contribution in [3.63, 3.8) is 0 Å². The molecule has 4 rings (SSSR count). The van der Waals surface area contributed by atoms with Crippen LogP contribution in [0, 0.1) is 13.8 Å². The molecular formula is C28H26N2O5. The molecule has 1 aliphatic heterocycles. The number of para-hydroxylation sites is 1. The van der Waals surface area contributed by atoms with Crippen molar-refractivity contribution in [2.45, 2.75) is 33.7 Å². The van der Waals surface area contributed by atoms with E-state index in [2.05, 4.69) is 0 Å². The number of ether oxygens (including phenoxy) is 1. The van der Waals surface area contributed by atoms with Crippen molar-refractivity contribution in [2.75, 3.05) is 16.4 Å². The van der Waals surface area contributed by atoms with Crippen LogP contribution in [0.25, 0.3) is 0 Å². The van der Waals surface area contributed by atoms with E-state index in [1.807, 2.05) is 70.2 Å². The Morgan fingerprint density at radius 3 is 2.26 bits per heavy atom. The first-order chi connectivity index (χ1) is 16.7.